The molecule has 0 atom stereocenters. The molecule has 0 aromatic heterocycles. The van der Waals surface area contributed by atoms with Crippen molar-refractivity contribution in [2.45, 2.75) is 6.61 Å². The quantitative estimate of drug-likeness (QED) is 0.392. The van der Waals surface area contributed by atoms with Crippen LogP contribution in [-0.4, -0.2) is 39.4 Å². The molecule has 0 fully saturated rings. The second-order valence-electron chi connectivity index (χ2n) is 3.77. The van der Waals surface area contributed by atoms with E-state index < -0.39 is 0 Å². The summed E-state index contributed by atoms with van der Waals surface area (Å²) in [7, 11) is 1.64. The molecule has 0 aliphatic rings. The number of nitrogens with two attached hydrogens (primary N) is 1. The zero-order valence-electron chi connectivity index (χ0n) is 10.6. The number of hydrogen-bond donors (Lipinski definition) is 2. The summed E-state index contributed by atoms with van der Waals surface area (Å²) >= 11 is 0. The Morgan fingerprint density at radius 2 is 1.67 bits per heavy atom. The van der Waals surface area contributed by atoms with Crippen LogP contribution in [0, 0.1) is 5.41 Å². The zero-order valence-corrected chi connectivity index (χ0v) is 10.6. The summed E-state index contributed by atoms with van der Waals surface area (Å²) < 4.78 is 15.6. The first-order valence-corrected chi connectivity index (χ1v) is 5.82. The Labute approximate surface area is 107 Å². The van der Waals surface area contributed by atoms with Crippen molar-refractivity contribution in [1.29, 1.82) is 5.41 Å². The third-order valence-electron chi connectivity index (χ3n) is 2.34. The fourth-order valence-electron chi connectivity index (χ4n) is 1.33. The molecule has 0 bridgehead atoms. The molecule has 5 heteroatoms. The monoisotopic (exact) mass is 252 g/mol. The highest BCUT2D eigenvalue weighted by Gasteiger charge is 1.97. The van der Waals surface area contributed by atoms with Crippen LogP contribution in [0.25, 0.3) is 0 Å². The van der Waals surface area contributed by atoms with Crippen molar-refractivity contribution in [1.82, 2.24) is 0 Å². The van der Waals surface area contributed by atoms with Gasteiger partial charge in [0.15, 0.2) is 0 Å². The topological polar surface area (TPSA) is 77.6 Å². The van der Waals surface area contributed by atoms with Crippen molar-refractivity contribution >= 4 is 5.84 Å². The Kier molecular flexibility index (Phi) is 7.01. The number of nitrogens with one attached hydrogen (secondary N) is 1. The van der Waals surface area contributed by atoms with Gasteiger partial charge in [0.1, 0.15) is 5.84 Å². The lowest BCUT2D eigenvalue weighted by atomic mass is 10.1. The first-order chi connectivity index (χ1) is 8.74. The Balaban J connectivity index is 2.14. The van der Waals surface area contributed by atoms with Crippen LogP contribution in [0.5, 0.6) is 0 Å². The molecule has 1 rings (SSSR count). The second-order valence-corrected chi connectivity index (χ2v) is 3.77. The van der Waals surface area contributed by atoms with Crippen molar-refractivity contribution in [2.24, 2.45) is 5.73 Å². The van der Waals surface area contributed by atoms with Gasteiger partial charge in [0, 0.05) is 12.7 Å². The Hall–Kier alpha value is -1.43. The fourth-order valence-corrected chi connectivity index (χ4v) is 1.33. The summed E-state index contributed by atoms with van der Waals surface area (Å²) in [6.07, 6.45) is 0. The van der Waals surface area contributed by atoms with Gasteiger partial charge in [-0.25, -0.2) is 0 Å². The molecule has 1 aromatic rings. The number of amidine groups is 1. The van der Waals surface area contributed by atoms with Crippen LogP contribution in [0.2, 0.25) is 0 Å². The normalized spacial score (nSPS) is 10.5. The minimum atomic E-state index is 0.0778. The van der Waals surface area contributed by atoms with E-state index in [9.17, 15) is 0 Å². The van der Waals surface area contributed by atoms with Crippen LogP contribution in [-0.2, 0) is 20.8 Å². The summed E-state index contributed by atoms with van der Waals surface area (Å²) in [6.45, 7) is 2.85. The number of hydrogen-bond acceptors (Lipinski definition) is 4. The molecule has 0 saturated heterocycles. The van der Waals surface area contributed by atoms with Crippen molar-refractivity contribution < 1.29 is 14.2 Å². The maximum atomic E-state index is 7.27. The molecule has 3 N–H and O–H groups in total. The third kappa shape index (κ3) is 5.77. The molecule has 5 nitrogen and oxygen atoms in total. The smallest absolute Gasteiger partial charge is 0.122 e. The van der Waals surface area contributed by atoms with Crippen LogP contribution < -0.4 is 5.73 Å². The van der Waals surface area contributed by atoms with Gasteiger partial charge < -0.3 is 19.9 Å². The minimum Gasteiger partial charge on any atom is -0.384 e. The first kappa shape index (κ1) is 14.6. The van der Waals surface area contributed by atoms with Crippen molar-refractivity contribution in [3.63, 3.8) is 0 Å². The van der Waals surface area contributed by atoms with E-state index in [0.29, 0.717) is 33.0 Å². The molecule has 0 radical (unpaired) electrons. The number of ether oxygens (including phenoxy) is 3. The lowest BCUT2D eigenvalue weighted by Gasteiger charge is -2.06. The number of nitrogen functional groups attached to an aromatic ring is 1. The molecule has 0 heterocycles. The molecule has 0 saturated carbocycles. The highest BCUT2D eigenvalue weighted by atomic mass is 16.5. The van der Waals surface area contributed by atoms with Crippen LogP contribution >= 0.6 is 0 Å². The van der Waals surface area contributed by atoms with Gasteiger partial charge in [-0.1, -0.05) is 24.3 Å². The van der Waals surface area contributed by atoms with Crippen LogP contribution in [0.1, 0.15) is 11.1 Å². The SMILES string of the molecule is COCCOCCOCc1ccc(C(=N)N)cc1. The van der Waals surface area contributed by atoms with Gasteiger partial charge in [0.25, 0.3) is 0 Å². The molecule has 0 aliphatic carbocycles. The highest BCUT2D eigenvalue weighted by molar-refractivity contribution is 5.94. The largest absolute Gasteiger partial charge is 0.384 e. The van der Waals surface area contributed by atoms with Gasteiger partial charge in [0.2, 0.25) is 0 Å². The van der Waals surface area contributed by atoms with Crippen molar-refractivity contribution in [3.8, 4) is 0 Å². The molecule has 18 heavy (non-hydrogen) atoms. The van der Waals surface area contributed by atoms with E-state index in [-0.39, 0.29) is 5.84 Å². The summed E-state index contributed by atoms with van der Waals surface area (Å²) in [5.41, 5.74) is 7.15. The number of benzene rings is 1. The maximum Gasteiger partial charge on any atom is 0.122 e. The predicted octanol–water partition coefficient (Wildman–Crippen LogP) is 1.15. The molecule has 100 valence electrons. The van der Waals surface area contributed by atoms with E-state index in [4.69, 9.17) is 25.4 Å². The van der Waals surface area contributed by atoms with E-state index in [1.165, 1.54) is 0 Å². The predicted molar refractivity (Wildman–Crippen MR) is 69.8 cm³/mol. The summed E-state index contributed by atoms with van der Waals surface area (Å²) in [5, 5.41) is 7.27. The standard InChI is InChI=1S/C13H20N2O3/c1-16-6-7-17-8-9-18-10-11-2-4-12(5-3-11)13(14)15/h2-5H,6-10H2,1H3,(H3,14,15). The van der Waals surface area contributed by atoms with E-state index >= 15 is 0 Å². The molecular formula is C13H20N2O3. The average Bonchev–Trinajstić information content (AvgIpc) is 2.38. The van der Waals surface area contributed by atoms with Gasteiger partial charge in [-0.3, -0.25) is 5.41 Å². The van der Waals surface area contributed by atoms with Crippen LogP contribution in [0.15, 0.2) is 24.3 Å². The Morgan fingerprint density at radius 1 is 1.06 bits per heavy atom. The van der Waals surface area contributed by atoms with Crippen LogP contribution in [0.3, 0.4) is 0 Å². The van der Waals surface area contributed by atoms with E-state index in [1.54, 1.807) is 7.11 Å². The zero-order chi connectivity index (χ0) is 13.2. The van der Waals surface area contributed by atoms with Gasteiger partial charge in [-0.2, -0.15) is 0 Å². The molecule has 0 unspecified atom stereocenters. The summed E-state index contributed by atoms with van der Waals surface area (Å²) in [4.78, 5) is 0. The lowest BCUT2D eigenvalue weighted by Crippen LogP contribution is -2.11. The minimum absolute atomic E-state index is 0.0778. The molecule has 0 spiro atoms. The number of methoxy groups -OCH3 is 1. The lowest BCUT2D eigenvalue weighted by molar-refractivity contribution is 0.0199. The van der Waals surface area contributed by atoms with Crippen molar-refractivity contribution in [3.05, 3.63) is 35.4 Å². The average molecular weight is 252 g/mol. The first-order valence-electron chi connectivity index (χ1n) is 5.82. The van der Waals surface area contributed by atoms with E-state index in [0.717, 1.165) is 11.1 Å². The molecule has 0 aliphatic heterocycles. The Morgan fingerprint density at radius 3 is 2.28 bits per heavy atom. The Bertz CT molecular complexity index is 352. The maximum absolute atomic E-state index is 7.27. The fraction of sp³-hybridized carbons (Fsp3) is 0.462. The van der Waals surface area contributed by atoms with Crippen LogP contribution in [0.4, 0.5) is 0 Å². The highest BCUT2D eigenvalue weighted by Crippen LogP contribution is 2.05. The summed E-state index contributed by atoms with van der Waals surface area (Å²) in [6, 6.07) is 7.44. The second kappa shape index (κ2) is 8.63. The van der Waals surface area contributed by atoms with E-state index in [1.807, 2.05) is 24.3 Å². The van der Waals surface area contributed by atoms with Gasteiger partial charge in [-0.05, 0) is 5.56 Å². The molecule has 1 aromatic carbocycles. The van der Waals surface area contributed by atoms with E-state index in [2.05, 4.69) is 0 Å². The van der Waals surface area contributed by atoms with Gasteiger partial charge in [-0.15, -0.1) is 0 Å². The van der Waals surface area contributed by atoms with Gasteiger partial charge in [0.05, 0.1) is 33.0 Å². The van der Waals surface area contributed by atoms with Gasteiger partial charge >= 0.3 is 0 Å². The third-order valence-corrected chi connectivity index (χ3v) is 2.34. The molecule has 0 amide bonds. The summed E-state index contributed by atoms with van der Waals surface area (Å²) in [5.74, 6) is 0.0778. The number of rotatable bonds is 9. The van der Waals surface area contributed by atoms with Crippen molar-refractivity contribution in [2.75, 3.05) is 33.5 Å². The molecular weight excluding hydrogens is 232 g/mol.